The van der Waals surface area contributed by atoms with Crippen LogP contribution in [0.5, 0.6) is 0 Å². The highest BCUT2D eigenvalue weighted by Gasteiger charge is 2.30. The first-order valence-electron chi connectivity index (χ1n) is 8.73. The van der Waals surface area contributed by atoms with E-state index in [2.05, 4.69) is 10.1 Å². The second-order valence-corrected chi connectivity index (χ2v) is 6.70. The van der Waals surface area contributed by atoms with Gasteiger partial charge in [-0.05, 0) is 42.5 Å². The number of hydrogen-bond acceptors (Lipinski definition) is 7. The second kappa shape index (κ2) is 7.84. The molecule has 0 radical (unpaired) electrons. The third-order valence-corrected chi connectivity index (χ3v) is 4.54. The first-order valence-corrected chi connectivity index (χ1v) is 9.10. The Bertz CT molecular complexity index is 1080. The number of esters is 1. The molecule has 0 N–H and O–H groups in total. The maximum absolute atomic E-state index is 12.3. The number of carbonyl (C=O) groups is 3. The molecular formula is C20H14ClN3O5. The summed E-state index contributed by atoms with van der Waals surface area (Å²) in [5.41, 5.74) is 1.26. The number of aromatic nitrogens is 2. The van der Waals surface area contributed by atoms with Crippen molar-refractivity contribution < 1.29 is 23.6 Å². The number of carbonyl (C=O) groups excluding carboxylic acids is 3. The lowest BCUT2D eigenvalue weighted by Gasteiger charge is -2.14. The van der Waals surface area contributed by atoms with E-state index < -0.39 is 5.97 Å². The Morgan fingerprint density at radius 3 is 2.55 bits per heavy atom. The minimum atomic E-state index is -0.641. The third kappa shape index (κ3) is 4.02. The summed E-state index contributed by atoms with van der Waals surface area (Å²) < 4.78 is 10.3. The average molecular weight is 412 g/mol. The number of nitrogens with zero attached hydrogens (tertiary/aromatic N) is 3. The Hall–Kier alpha value is -3.52. The molecule has 2 aromatic carbocycles. The smallest absolute Gasteiger partial charge is 0.338 e. The summed E-state index contributed by atoms with van der Waals surface area (Å²) in [6.07, 6.45) is 0.335. The summed E-state index contributed by atoms with van der Waals surface area (Å²) in [7, 11) is 0. The van der Waals surface area contributed by atoms with Gasteiger partial charge in [0.15, 0.2) is 6.61 Å². The van der Waals surface area contributed by atoms with E-state index in [9.17, 15) is 14.4 Å². The lowest BCUT2D eigenvalue weighted by Crippen LogP contribution is -2.28. The van der Waals surface area contributed by atoms with Gasteiger partial charge in [0.25, 0.3) is 5.89 Å². The normalized spacial score (nSPS) is 13.8. The lowest BCUT2D eigenvalue weighted by atomic mass is 10.2. The van der Waals surface area contributed by atoms with Gasteiger partial charge in [0.1, 0.15) is 0 Å². The van der Waals surface area contributed by atoms with Crippen molar-refractivity contribution in [3.05, 3.63) is 65.0 Å². The third-order valence-electron chi connectivity index (χ3n) is 4.29. The van der Waals surface area contributed by atoms with Crippen LogP contribution in [0.2, 0.25) is 5.02 Å². The summed E-state index contributed by atoms with van der Waals surface area (Å²) in [5.74, 6) is -0.746. The van der Waals surface area contributed by atoms with E-state index in [0.29, 0.717) is 22.1 Å². The minimum absolute atomic E-state index is 0.129. The SMILES string of the molecule is O=C(OCc1nc(-c2ccc(Cl)cc2)no1)c1cccc(N2C(=O)CCC2=O)c1. The molecular weight excluding hydrogens is 398 g/mol. The molecule has 0 unspecified atom stereocenters. The van der Waals surface area contributed by atoms with Crippen LogP contribution in [0, 0.1) is 0 Å². The summed E-state index contributed by atoms with van der Waals surface area (Å²) in [5, 5.41) is 4.44. The Morgan fingerprint density at radius 1 is 1.10 bits per heavy atom. The highest BCUT2D eigenvalue weighted by molar-refractivity contribution is 6.30. The van der Waals surface area contributed by atoms with Crippen LogP contribution in [0.15, 0.2) is 53.1 Å². The Balaban J connectivity index is 1.43. The number of anilines is 1. The maximum Gasteiger partial charge on any atom is 0.338 e. The Labute approximate surface area is 170 Å². The molecule has 1 fully saturated rings. The number of amides is 2. The summed E-state index contributed by atoms with van der Waals surface area (Å²) in [6, 6.07) is 13.0. The van der Waals surface area contributed by atoms with Crippen LogP contribution >= 0.6 is 11.6 Å². The summed E-state index contributed by atoms with van der Waals surface area (Å²) in [4.78, 5) is 41.3. The van der Waals surface area contributed by atoms with Gasteiger partial charge in [-0.2, -0.15) is 4.98 Å². The molecule has 3 aromatic rings. The quantitative estimate of drug-likeness (QED) is 0.468. The molecule has 0 atom stereocenters. The average Bonchev–Trinajstić information content (AvgIpc) is 3.33. The van der Waals surface area contributed by atoms with Crippen molar-refractivity contribution >= 4 is 35.1 Å². The highest BCUT2D eigenvalue weighted by Crippen LogP contribution is 2.24. The number of imide groups is 1. The molecule has 4 rings (SSSR count). The molecule has 0 saturated carbocycles. The van der Waals surface area contributed by atoms with Crippen LogP contribution in [0.4, 0.5) is 5.69 Å². The molecule has 146 valence electrons. The Morgan fingerprint density at radius 2 is 1.83 bits per heavy atom. The van der Waals surface area contributed by atoms with Crippen molar-refractivity contribution in [1.29, 1.82) is 0 Å². The predicted octanol–water partition coefficient (Wildman–Crippen LogP) is 3.40. The zero-order valence-corrected chi connectivity index (χ0v) is 15.8. The van der Waals surface area contributed by atoms with Crippen LogP contribution in [0.25, 0.3) is 11.4 Å². The molecule has 0 spiro atoms. The fourth-order valence-electron chi connectivity index (χ4n) is 2.88. The topological polar surface area (TPSA) is 103 Å². The second-order valence-electron chi connectivity index (χ2n) is 6.27. The molecule has 1 saturated heterocycles. The zero-order chi connectivity index (χ0) is 20.4. The number of rotatable bonds is 5. The van der Waals surface area contributed by atoms with Crippen LogP contribution in [-0.2, 0) is 20.9 Å². The van der Waals surface area contributed by atoms with Gasteiger partial charge in [-0.1, -0.05) is 22.8 Å². The van der Waals surface area contributed by atoms with Crippen LogP contribution < -0.4 is 4.90 Å². The minimum Gasteiger partial charge on any atom is -0.452 e. The van der Waals surface area contributed by atoms with Crippen molar-refractivity contribution in [2.24, 2.45) is 0 Å². The number of halogens is 1. The van der Waals surface area contributed by atoms with Gasteiger partial charge in [-0.15, -0.1) is 0 Å². The van der Waals surface area contributed by atoms with Gasteiger partial charge in [0.05, 0.1) is 11.3 Å². The standard InChI is InChI=1S/C20H14ClN3O5/c21-14-6-4-12(5-7-14)19-22-16(29-23-19)11-28-20(27)13-2-1-3-15(10-13)24-17(25)8-9-18(24)26/h1-7,10H,8-9,11H2. The van der Waals surface area contributed by atoms with Gasteiger partial charge in [0, 0.05) is 23.4 Å². The van der Waals surface area contributed by atoms with Crippen molar-refractivity contribution in [3.8, 4) is 11.4 Å². The van der Waals surface area contributed by atoms with E-state index in [1.807, 2.05) is 0 Å². The molecule has 9 heteroatoms. The predicted molar refractivity (Wildman–Crippen MR) is 102 cm³/mol. The first kappa shape index (κ1) is 18.8. The number of hydrogen-bond donors (Lipinski definition) is 0. The molecule has 1 aliphatic rings. The van der Waals surface area contributed by atoms with E-state index in [1.54, 1.807) is 36.4 Å². The van der Waals surface area contributed by atoms with E-state index in [1.165, 1.54) is 12.1 Å². The fraction of sp³-hybridized carbons (Fsp3) is 0.150. The first-order chi connectivity index (χ1) is 14.0. The van der Waals surface area contributed by atoms with Crippen molar-refractivity contribution in [1.82, 2.24) is 10.1 Å². The molecule has 1 aliphatic heterocycles. The summed E-state index contributed by atoms with van der Waals surface area (Å²) >= 11 is 5.85. The van der Waals surface area contributed by atoms with Crippen LogP contribution in [0.1, 0.15) is 29.1 Å². The van der Waals surface area contributed by atoms with Crippen molar-refractivity contribution in [2.45, 2.75) is 19.4 Å². The molecule has 1 aromatic heterocycles. The lowest BCUT2D eigenvalue weighted by molar-refractivity contribution is -0.121. The van der Waals surface area contributed by atoms with Crippen molar-refractivity contribution in [3.63, 3.8) is 0 Å². The molecule has 0 bridgehead atoms. The largest absolute Gasteiger partial charge is 0.452 e. The molecule has 2 heterocycles. The summed E-state index contributed by atoms with van der Waals surface area (Å²) in [6.45, 7) is -0.217. The van der Waals surface area contributed by atoms with Crippen molar-refractivity contribution in [2.75, 3.05) is 4.90 Å². The van der Waals surface area contributed by atoms with Gasteiger partial charge in [-0.25, -0.2) is 4.79 Å². The number of ether oxygens (including phenoxy) is 1. The monoisotopic (exact) mass is 411 g/mol. The fourth-order valence-corrected chi connectivity index (χ4v) is 3.00. The molecule has 0 aliphatic carbocycles. The van der Waals surface area contributed by atoms with E-state index >= 15 is 0 Å². The zero-order valence-electron chi connectivity index (χ0n) is 15.0. The number of benzene rings is 2. The van der Waals surface area contributed by atoms with Gasteiger partial charge in [0.2, 0.25) is 17.6 Å². The van der Waals surface area contributed by atoms with Crippen LogP contribution in [0.3, 0.4) is 0 Å². The molecule has 29 heavy (non-hydrogen) atoms. The van der Waals surface area contributed by atoms with E-state index in [4.69, 9.17) is 20.9 Å². The van der Waals surface area contributed by atoms with Gasteiger partial charge >= 0.3 is 5.97 Å². The van der Waals surface area contributed by atoms with Gasteiger partial charge in [-0.3, -0.25) is 14.5 Å². The Kier molecular flexibility index (Phi) is 5.09. The van der Waals surface area contributed by atoms with Crippen LogP contribution in [-0.4, -0.2) is 27.9 Å². The molecule has 8 nitrogen and oxygen atoms in total. The molecule has 2 amide bonds. The maximum atomic E-state index is 12.3. The van der Waals surface area contributed by atoms with Gasteiger partial charge < -0.3 is 9.26 Å². The highest BCUT2D eigenvalue weighted by atomic mass is 35.5. The van der Waals surface area contributed by atoms with E-state index in [-0.39, 0.29) is 42.7 Å². The van der Waals surface area contributed by atoms with E-state index in [0.717, 1.165) is 4.90 Å².